The average molecular weight is 250 g/mol. The van der Waals surface area contributed by atoms with Gasteiger partial charge in [0.25, 0.3) is 0 Å². The van der Waals surface area contributed by atoms with Crippen molar-refractivity contribution >= 4 is 29.1 Å². The molecule has 0 aliphatic carbocycles. The first-order valence-electron chi connectivity index (χ1n) is 4.16. The Morgan fingerprint density at radius 2 is 1.80 bits per heavy atom. The minimum Gasteiger partial charge on any atom is -0.506 e. The van der Waals surface area contributed by atoms with Gasteiger partial charge in [-0.25, -0.2) is 0 Å². The maximum atomic E-state index is 10.1. The third-order valence-corrected chi connectivity index (χ3v) is 2.08. The zero-order chi connectivity index (χ0) is 12.0. The number of halogens is 2. The van der Waals surface area contributed by atoms with Crippen molar-refractivity contribution in [1.82, 2.24) is 4.90 Å². The molecule has 0 saturated heterocycles. The average Bonchev–Trinajstić information content (AvgIpc) is 2.13. The summed E-state index contributed by atoms with van der Waals surface area (Å²) in [6.07, 6.45) is 0. The van der Waals surface area contributed by atoms with Crippen LogP contribution in [0.15, 0.2) is 18.2 Å². The highest BCUT2D eigenvalue weighted by molar-refractivity contribution is 6.35. The lowest BCUT2D eigenvalue weighted by Crippen LogP contribution is -2.17. The Morgan fingerprint density at radius 1 is 1.33 bits per heavy atom. The van der Waals surface area contributed by atoms with Gasteiger partial charge in [-0.15, -0.1) is 0 Å². The van der Waals surface area contributed by atoms with E-state index < -0.39 is 0 Å². The predicted octanol–water partition coefficient (Wildman–Crippen LogP) is 2.79. The molecule has 0 fully saturated rings. The molecule has 0 heterocycles. The molecule has 5 heteroatoms. The van der Waals surface area contributed by atoms with Gasteiger partial charge < -0.3 is 10.0 Å². The Kier molecular flexibility index (Phi) is 6.13. The lowest BCUT2D eigenvalue weighted by molar-refractivity contribution is -0.126. The third kappa shape index (κ3) is 6.20. The number of carbonyl (C=O) groups is 1. The van der Waals surface area contributed by atoms with Gasteiger partial charge in [0.05, 0.1) is 5.02 Å². The number of amides is 1. The molecule has 1 amide bonds. The summed E-state index contributed by atoms with van der Waals surface area (Å²) < 4.78 is 0. The second kappa shape index (κ2) is 6.53. The Hall–Kier alpha value is -0.930. The second-order valence-corrected chi connectivity index (χ2v) is 3.85. The molecular weight excluding hydrogens is 237 g/mol. The molecule has 0 atom stereocenters. The highest BCUT2D eigenvalue weighted by atomic mass is 35.5. The Bertz CT molecular complexity index is 340. The Balaban J connectivity index is 0.000000288. The molecule has 3 nitrogen and oxygen atoms in total. The highest BCUT2D eigenvalue weighted by Crippen LogP contribution is 2.25. The van der Waals surface area contributed by atoms with Gasteiger partial charge in [0, 0.05) is 26.0 Å². The van der Waals surface area contributed by atoms with Crippen molar-refractivity contribution in [3.63, 3.8) is 0 Å². The standard InChI is InChI=1S/C6H4Cl2O.C4H9NO/c7-4-1-2-6(9)5(8)3-4;1-4(6)5(2)3/h1-3,9H;1-3H3. The molecular formula is C10H13Cl2NO2. The number of aromatic hydroxyl groups is 1. The van der Waals surface area contributed by atoms with Gasteiger partial charge >= 0.3 is 0 Å². The van der Waals surface area contributed by atoms with E-state index in [1.807, 2.05) is 0 Å². The Labute approximate surface area is 99.2 Å². The molecule has 1 aromatic rings. The van der Waals surface area contributed by atoms with E-state index in [-0.39, 0.29) is 16.7 Å². The van der Waals surface area contributed by atoms with Crippen molar-refractivity contribution in [3.8, 4) is 5.75 Å². The first-order chi connectivity index (χ1) is 6.84. The van der Waals surface area contributed by atoms with E-state index in [1.165, 1.54) is 24.0 Å². The maximum Gasteiger partial charge on any atom is 0.218 e. The van der Waals surface area contributed by atoms with Crippen molar-refractivity contribution < 1.29 is 9.90 Å². The summed E-state index contributed by atoms with van der Waals surface area (Å²) in [5.41, 5.74) is 0. The fourth-order valence-electron chi connectivity index (χ4n) is 0.481. The smallest absolute Gasteiger partial charge is 0.218 e. The molecule has 0 saturated carbocycles. The van der Waals surface area contributed by atoms with Crippen LogP contribution in [0.2, 0.25) is 10.0 Å². The molecule has 84 valence electrons. The van der Waals surface area contributed by atoms with Crippen molar-refractivity contribution in [3.05, 3.63) is 28.2 Å². The summed E-state index contributed by atoms with van der Waals surface area (Å²) in [5, 5.41) is 9.66. The minimum atomic E-state index is 0.0565. The zero-order valence-electron chi connectivity index (χ0n) is 8.79. The summed E-state index contributed by atoms with van der Waals surface area (Å²) in [6, 6.07) is 4.51. The van der Waals surface area contributed by atoms with Gasteiger partial charge in [-0.05, 0) is 18.2 Å². The number of hydrogen-bond donors (Lipinski definition) is 1. The van der Waals surface area contributed by atoms with Crippen LogP contribution in [0.3, 0.4) is 0 Å². The predicted molar refractivity (Wildman–Crippen MR) is 62.5 cm³/mol. The van der Waals surface area contributed by atoms with E-state index in [9.17, 15) is 4.79 Å². The lowest BCUT2D eigenvalue weighted by atomic mass is 10.3. The van der Waals surface area contributed by atoms with Crippen LogP contribution >= 0.6 is 23.2 Å². The van der Waals surface area contributed by atoms with Gasteiger partial charge in [-0.3, -0.25) is 4.79 Å². The van der Waals surface area contributed by atoms with E-state index in [2.05, 4.69) is 0 Å². The molecule has 0 bridgehead atoms. The molecule has 1 aromatic carbocycles. The molecule has 0 unspecified atom stereocenters. The zero-order valence-corrected chi connectivity index (χ0v) is 10.3. The van der Waals surface area contributed by atoms with E-state index in [1.54, 1.807) is 20.2 Å². The van der Waals surface area contributed by atoms with Crippen LogP contribution in [0, 0.1) is 0 Å². The van der Waals surface area contributed by atoms with Crippen molar-refractivity contribution in [2.75, 3.05) is 14.1 Å². The largest absolute Gasteiger partial charge is 0.506 e. The molecule has 1 N–H and O–H groups in total. The van der Waals surface area contributed by atoms with Crippen LogP contribution in [0.4, 0.5) is 0 Å². The number of rotatable bonds is 0. The molecule has 0 aliphatic rings. The first-order valence-corrected chi connectivity index (χ1v) is 4.92. The highest BCUT2D eigenvalue weighted by Gasteiger charge is 1.95. The van der Waals surface area contributed by atoms with Crippen molar-refractivity contribution in [2.45, 2.75) is 6.92 Å². The topological polar surface area (TPSA) is 40.5 Å². The number of phenols is 1. The summed E-state index contributed by atoms with van der Waals surface area (Å²) >= 11 is 11.0. The quantitative estimate of drug-likeness (QED) is 0.769. The van der Waals surface area contributed by atoms with Crippen LogP contribution < -0.4 is 0 Å². The molecule has 0 aliphatic heterocycles. The number of benzene rings is 1. The molecule has 15 heavy (non-hydrogen) atoms. The SMILES string of the molecule is CC(=O)N(C)C.Oc1ccc(Cl)cc1Cl. The van der Waals surface area contributed by atoms with E-state index in [0.29, 0.717) is 5.02 Å². The number of phenolic OH excluding ortho intramolecular Hbond substituents is 1. The molecule has 0 aromatic heterocycles. The monoisotopic (exact) mass is 249 g/mol. The van der Waals surface area contributed by atoms with Crippen molar-refractivity contribution in [1.29, 1.82) is 0 Å². The van der Waals surface area contributed by atoms with Crippen LogP contribution in [0.25, 0.3) is 0 Å². The lowest BCUT2D eigenvalue weighted by Gasteiger charge is -2.02. The van der Waals surface area contributed by atoms with E-state index in [4.69, 9.17) is 28.3 Å². The van der Waals surface area contributed by atoms with Gasteiger partial charge in [0.15, 0.2) is 0 Å². The van der Waals surface area contributed by atoms with Crippen LogP contribution in [-0.2, 0) is 4.79 Å². The fourth-order valence-corrected chi connectivity index (χ4v) is 0.890. The summed E-state index contributed by atoms with van der Waals surface area (Å²) in [5.74, 6) is 0.149. The third-order valence-electron chi connectivity index (χ3n) is 1.54. The normalized spacial score (nSPS) is 8.87. The molecule has 0 spiro atoms. The van der Waals surface area contributed by atoms with Crippen LogP contribution in [-0.4, -0.2) is 30.0 Å². The molecule has 1 rings (SSSR count). The number of carbonyl (C=O) groups excluding carboxylic acids is 1. The molecule has 0 radical (unpaired) electrons. The van der Waals surface area contributed by atoms with E-state index >= 15 is 0 Å². The van der Waals surface area contributed by atoms with Crippen LogP contribution in [0.5, 0.6) is 5.75 Å². The first kappa shape index (κ1) is 14.1. The van der Waals surface area contributed by atoms with E-state index in [0.717, 1.165) is 0 Å². The summed E-state index contributed by atoms with van der Waals surface area (Å²) in [6.45, 7) is 1.53. The Morgan fingerprint density at radius 3 is 2.07 bits per heavy atom. The summed E-state index contributed by atoms with van der Waals surface area (Å²) in [4.78, 5) is 11.6. The van der Waals surface area contributed by atoms with Gasteiger partial charge in [0.1, 0.15) is 5.75 Å². The van der Waals surface area contributed by atoms with Crippen molar-refractivity contribution in [2.24, 2.45) is 0 Å². The summed E-state index contributed by atoms with van der Waals surface area (Å²) in [7, 11) is 3.45. The fraction of sp³-hybridized carbons (Fsp3) is 0.300. The number of hydrogen-bond acceptors (Lipinski definition) is 2. The van der Waals surface area contributed by atoms with Crippen LogP contribution in [0.1, 0.15) is 6.92 Å². The van der Waals surface area contributed by atoms with Gasteiger partial charge in [0.2, 0.25) is 5.91 Å². The maximum absolute atomic E-state index is 10.1. The minimum absolute atomic E-state index is 0.0565. The van der Waals surface area contributed by atoms with Gasteiger partial charge in [-0.1, -0.05) is 23.2 Å². The number of nitrogens with zero attached hydrogens (tertiary/aromatic N) is 1. The second-order valence-electron chi connectivity index (χ2n) is 3.01. The van der Waals surface area contributed by atoms with Gasteiger partial charge in [-0.2, -0.15) is 0 Å².